The summed E-state index contributed by atoms with van der Waals surface area (Å²) in [6.45, 7) is 7.67. The van der Waals surface area contributed by atoms with Crippen molar-refractivity contribution in [2.75, 3.05) is 13.1 Å². The molecule has 4 nitrogen and oxygen atoms in total. The lowest BCUT2D eigenvalue weighted by Gasteiger charge is -2.41. The fourth-order valence-electron chi connectivity index (χ4n) is 4.81. The van der Waals surface area contributed by atoms with Crippen LogP contribution in [0.4, 0.5) is 0 Å². The first-order chi connectivity index (χ1) is 14.6. The van der Waals surface area contributed by atoms with Gasteiger partial charge in [0.25, 0.3) is 5.91 Å². The number of hydrogen-bond acceptors (Lipinski definition) is 3. The van der Waals surface area contributed by atoms with Gasteiger partial charge >= 0.3 is 0 Å². The van der Waals surface area contributed by atoms with Gasteiger partial charge in [-0.3, -0.25) is 9.69 Å². The van der Waals surface area contributed by atoms with E-state index in [0.717, 1.165) is 42.7 Å². The summed E-state index contributed by atoms with van der Waals surface area (Å²) in [4.78, 5) is 15.6. The van der Waals surface area contributed by atoms with Crippen molar-refractivity contribution in [1.82, 2.24) is 10.2 Å². The number of nitrogens with zero attached hydrogens (tertiary/aromatic N) is 1. The van der Waals surface area contributed by atoms with Crippen LogP contribution in [0.1, 0.15) is 79.9 Å². The van der Waals surface area contributed by atoms with Gasteiger partial charge in [0.2, 0.25) is 0 Å². The summed E-state index contributed by atoms with van der Waals surface area (Å²) in [5, 5.41) is 3.29. The van der Waals surface area contributed by atoms with Crippen LogP contribution in [0.5, 0.6) is 5.75 Å². The predicted octanol–water partition coefficient (Wildman–Crippen LogP) is 5.48. The van der Waals surface area contributed by atoms with Crippen molar-refractivity contribution in [2.24, 2.45) is 0 Å². The third kappa shape index (κ3) is 4.54. The van der Waals surface area contributed by atoms with Crippen molar-refractivity contribution in [3.63, 3.8) is 0 Å². The van der Waals surface area contributed by atoms with Crippen molar-refractivity contribution in [2.45, 2.75) is 70.6 Å². The summed E-state index contributed by atoms with van der Waals surface area (Å²) in [7, 11) is 0. The zero-order valence-corrected chi connectivity index (χ0v) is 18.3. The molecule has 4 heteroatoms. The first-order valence-corrected chi connectivity index (χ1v) is 11.5. The number of nitrogens with one attached hydrogen (secondary N) is 1. The van der Waals surface area contributed by atoms with Gasteiger partial charge in [0, 0.05) is 24.1 Å². The van der Waals surface area contributed by atoms with Crippen LogP contribution in [0.25, 0.3) is 0 Å². The SMILES string of the molecule is CCC1(CC)C[C@@H](NC(=O)c2ccc(CN3CCCCC3)cc2)c2ccccc2O1. The average molecular weight is 407 g/mol. The molecule has 0 aliphatic carbocycles. The van der Waals surface area contributed by atoms with E-state index in [1.807, 2.05) is 30.3 Å². The van der Waals surface area contributed by atoms with Crippen LogP contribution in [0.3, 0.4) is 0 Å². The Kier molecular flexibility index (Phi) is 6.43. The monoisotopic (exact) mass is 406 g/mol. The van der Waals surface area contributed by atoms with E-state index in [1.54, 1.807) is 0 Å². The summed E-state index contributed by atoms with van der Waals surface area (Å²) >= 11 is 0. The van der Waals surface area contributed by atoms with Crippen molar-refractivity contribution < 1.29 is 9.53 Å². The molecule has 2 aliphatic heterocycles. The number of hydrogen-bond donors (Lipinski definition) is 1. The fraction of sp³-hybridized carbons (Fsp3) is 0.500. The minimum absolute atomic E-state index is 0.0117. The molecule has 160 valence electrons. The van der Waals surface area contributed by atoms with E-state index < -0.39 is 0 Å². The maximum atomic E-state index is 13.0. The fourth-order valence-corrected chi connectivity index (χ4v) is 4.81. The third-order valence-corrected chi connectivity index (χ3v) is 6.86. The third-order valence-electron chi connectivity index (χ3n) is 6.86. The zero-order valence-electron chi connectivity index (χ0n) is 18.3. The highest BCUT2D eigenvalue weighted by Crippen LogP contribution is 2.42. The van der Waals surface area contributed by atoms with E-state index in [-0.39, 0.29) is 17.6 Å². The van der Waals surface area contributed by atoms with E-state index >= 15 is 0 Å². The molecule has 30 heavy (non-hydrogen) atoms. The molecule has 1 fully saturated rings. The van der Waals surface area contributed by atoms with Crippen molar-refractivity contribution in [3.8, 4) is 5.75 Å². The van der Waals surface area contributed by atoms with Gasteiger partial charge in [-0.15, -0.1) is 0 Å². The summed E-state index contributed by atoms with van der Waals surface area (Å²) in [6.07, 6.45) is 6.59. The van der Waals surface area contributed by atoms with Crippen molar-refractivity contribution in [1.29, 1.82) is 0 Å². The van der Waals surface area contributed by atoms with E-state index in [2.05, 4.69) is 42.3 Å². The Hall–Kier alpha value is -2.33. The minimum atomic E-state index is -0.218. The van der Waals surface area contributed by atoms with Gasteiger partial charge in [-0.05, 0) is 62.5 Å². The second kappa shape index (κ2) is 9.22. The maximum absolute atomic E-state index is 13.0. The maximum Gasteiger partial charge on any atom is 0.251 e. The molecule has 0 unspecified atom stereocenters. The number of benzene rings is 2. The Morgan fingerprint density at radius 2 is 1.73 bits per heavy atom. The molecular formula is C26H34N2O2. The van der Waals surface area contributed by atoms with Crippen LogP contribution in [0.15, 0.2) is 48.5 Å². The molecule has 0 spiro atoms. The summed E-state index contributed by atoms with van der Waals surface area (Å²) in [5.74, 6) is 0.886. The van der Waals surface area contributed by atoms with Gasteiger partial charge in [-0.2, -0.15) is 0 Å². The van der Waals surface area contributed by atoms with Crippen LogP contribution >= 0.6 is 0 Å². The summed E-state index contributed by atoms with van der Waals surface area (Å²) in [6, 6.07) is 16.2. The highest BCUT2D eigenvalue weighted by Gasteiger charge is 2.39. The Bertz CT molecular complexity index is 852. The quantitative estimate of drug-likeness (QED) is 0.690. The molecule has 2 aromatic carbocycles. The Morgan fingerprint density at radius 3 is 2.43 bits per heavy atom. The number of rotatable bonds is 6. The number of likely N-dealkylation sites (tertiary alicyclic amines) is 1. The number of carbonyl (C=O) groups excluding carboxylic acids is 1. The summed E-state index contributed by atoms with van der Waals surface area (Å²) < 4.78 is 6.37. The lowest BCUT2D eigenvalue weighted by molar-refractivity contribution is 0.0227. The van der Waals surface area contributed by atoms with Gasteiger partial charge < -0.3 is 10.1 Å². The number of ether oxygens (including phenoxy) is 1. The van der Waals surface area contributed by atoms with Crippen LogP contribution in [0, 0.1) is 0 Å². The topological polar surface area (TPSA) is 41.6 Å². The molecule has 1 N–H and O–H groups in total. The molecule has 1 amide bonds. The Balaban J connectivity index is 1.46. The molecule has 0 aromatic heterocycles. The number of carbonyl (C=O) groups is 1. The van der Waals surface area contributed by atoms with Crippen molar-refractivity contribution >= 4 is 5.91 Å². The van der Waals surface area contributed by atoms with Gasteiger partial charge in [0.05, 0.1) is 6.04 Å². The van der Waals surface area contributed by atoms with Crippen LogP contribution < -0.4 is 10.1 Å². The van der Waals surface area contributed by atoms with Crippen LogP contribution in [-0.2, 0) is 6.54 Å². The Labute approximate surface area is 180 Å². The predicted molar refractivity (Wildman–Crippen MR) is 121 cm³/mol. The van der Waals surface area contributed by atoms with Gasteiger partial charge in [0.1, 0.15) is 11.4 Å². The molecule has 2 heterocycles. The Morgan fingerprint density at radius 1 is 1.03 bits per heavy atom. The van der Waals surface area contributed by atoms with E-state index in [0.29, 0.717) is 0 Å². The first-order valence-electron chi connectivity index (χ1n) is 11.5. The second-order valence-corrected chi connectivity index (χ2v) is 8.79. The number of para-hydroxylation sites is 1. The molecular weight excluding hydrogens is 372 g/mol. The smallest absolute Gasteiger partial charge is 0.251 e. The standard InChI is InChI=1S/C26H34N2O2/c1-3-26(4-2)18-23(22-10-6-7-11-24(22)30-26)27-25(29)21-14-12-20(13-15-21)19-28-16-8-5-9-17-28/h6-7,10-15,23H,3-5,8-9,16-19H2,1-2H3,(H,27,29)/t23-/m1/s1. The van der Waals surface area contributed by atoms with Gasteiger partial charge in [-0.25, -0.2) is 0 Å². The molecule has 0 radical (unpaired) electrons. The van der Waals surface area contributed by atoms with E-state index in [9.17, 15) is 4.79 Å². The lowest BCUT2D eigenvalue weighted by atomic mass is 9.83. The van der Waals surface area contributed by atoms with E-state index in [4.69, 9.17) is 4.74 Å². The normalized spacial score (nSPS) is 20.8. The molecule has 4 rings (SSSR count). The number of fused-ring (bicyclic) bond motifs is 1. The number of amides is 1. The minimum Gasteiger partial charge on any atom is -0.487 e. The molecule has 1 saturated heterocycles. The molecule has 0 bridgehead atoms. The highest BCUT2D eigenvalue weighted by molar-refractivity contribution is 5.94. The molecule has 2 aliphatic rings. The molecule has 2 aromatic rings. The van der Waals surface area contributed by atoms with Gasteiger partial charge in [0.15, 0.2) is 0 Å². The van der Waals surface area contributed by atoms with Gasteiger partial charge in [-0.1, -0.05) is 50.6 Å². The van der Waals surface area contributed by atoms with Crippen LogP contribution in [0.2, 0.25) is 0 Å². The first kappa shape index (κ1) is 20.9. The largest absolute Gasteiger partial charge is 0.487 e. The molecule has 1 atom stereocenters. The average Bonchev–Trinajstić information content (AvgIpc) is 2.80. The second-order valence-electron chi connectivity index (χ2n) is 8.79. The van der Waals surface area contributed by atoms with Crippen LogP contribution in [-0.4, -0.2) is 29.5 Å². The zero-order chi connectivity index (χ0) is 21.0. The lowest BCUT2D eigenvalue weighted by Crippen LogP contribution is -2.44. The van der Waals surface area contributed by atoms with E-state index in [1.165, 1.54) is 37.9 Å². The highest BCUT2D eigenvalue weighted by atomic mass is 16.5. The van der Waals surface area contributed by atoms with Crippen molar-refractivity contribution in [3.05, 3.63) is 65.2 Å². The summed E-state index contributed by atoms with van der Waals surface area (Å²) in [5.41, 5.74) is 2.86. The number of piperidine rings is 1. The molecule has 0 saturated carbocycles.